The van der Waals surface area contributed by atoms with Gasteiger partial charge in [0.25, 0.3) is 0 Å². The molecule has 1 aliphatic heterocycles. The number of nitrogens with one attached hydrogen (secondary N) is 1. The van der Waals surface area contributed by atoms with Crippen LogP contribution in [-0.2, 0) is 6.61 Å². The van der Waals surface area contributed by atoms with Gasteiger partial charge in [-0.25, -0.2) is 9.99 Å². The van der Waals surface area contributed by atoms with E-state index < -0.39 is 0 Å². The van der Waals surface area contributed by atoms with E-state index in [1.54, 1.807) is 23.4 Å². The topological polar surface area (TPSA) is 74.5 Å². The molecule has 0 amide bonds. The molecule has 0 spiro atoms. The normalized spacial score (nSPS) is 17.6. The van der Waals surface area contributed by atoms with Crippen molar-refractivity contribution in [3.63, 3.8) is 0 Å². The van der Waals surface area contributed by atoms with E-state index in [1.165, 1.54) is 17.8 Å². The smallest absolute Gasteiger partial charge is 0.131 e. The van der Waals surface area contributed by atoms with Gasteiger partial charge in [0.05, 0.1) is 16.4 Å². The zero-order valence-electron chi connectivity index (χ0n) is 14.3. The first kappa shape index (κ1) is 17.5. The molecule has 8 heteroatoms. The average molecular weight is 358 g/mol. The van der Waals surface area contributed by atoms with Gasteiger partial charge in [-0.1, -0.05) is 0 Å². The van der Waals surface area contributed by atoms with Crippen LogP contribution in [0, 0.1) is 0 Å². The van der Waals surface area contributed by atoms with Crippen molar-refractivity contribution < 1.29 is 4.74 Å². The fraction of sp³-hybridized carbons (Fsp3) is 0.412. The third-order valence-electron chi connectivity index (χ3n) is 4.05. The number of thiazole rings is 1. The lowest BCUT2D eigenvalue weighted by molar-refractivity contribution is 0.301. The van der Waals surface area contributed by atoms with Gasteiger partial charge >= 0.3 is 0 Å². The second kappa shape index (κ2) is 8.68. The highest BCUT2D eigenvalue weighted by Gasteiger charge is 2.18. The number of benzene rings is 1. The van der Waals surface area contributed by atoms with Crippen LogP contribution < -0.4 is 15.1 Å². The molecular weight excluding hydrogens is 336 g/mol. The maximum atomic E-state index is 5.84. The first-order chi connectivity index (χ1) is 12.3. The quantitative estimate of drug-likeness (QED) is 0.466. The average Bonchev–Trinajstić information content (AvgIpc) is 3.14. The molecule has 1 aliphatic rings. The van der Waals surface area contributed by atoms with E-state index >= 15 is 0 Å². The van der Waals surface area contributed by atoms with Gasteiger partial charge in [-0.3, -0.25) is 0 Å². The van der Waals surface area contributed by atoms with Gasteiger partial charge in [0.1, 0.15) is 12.4 Å². The molecule has 1 saturated heterocycles. The van der Waals surface area contributed by atoms with Crippen LogP contribution in [0.15, 0.2) is 45.2 Å². The Balaban J connectivity index is 1.54. The Bertz CT molecular complexity index is 708. The van der Waals surface area contributed by atoms with Crippen LogP contribution in [0.1, 0.15) is 29.5 Å². The SMILES string of the molecule is C=N/N=N\N(C)c1ccc(OCc2csc(C3CCCNC3)n2)cc1. The molecule has 25 heavy (non-hydrogen) atoms. The van der Waals surface area contributed by atoms with Crippen LogP contribution >= 0.6 is 11.3 Å². The highest BCUT2D eigenvalue weighted by Crippen LogP contribution is 2.27. The molecule has 1 unspecified atom stereocenters. The second-order valence-electron chi connectivity index (χ2n) is 5.85. The third kappa shape index (κ3) is 4.83. The van der Waals surface area contributed by atoms with Crippen LogP contribution in [0.3, 0.4) is 0 Å². The Hall–Kier alpha value is -2.32. The van der Waals surface area contributed by atoms with Crippen LogP contribution in [-0.4, -0.2) is 31.8 Å². The minimum absolute atomic E-state index is 0.478. The number of ether oxygens (including phenoxy) is 1. The molecule has 132 valence electrons. The Labute approximate surface area is 151 Å². The van der Waals surface area contributed by atoms with Crippen molar-refractivity contribution >= 4 is 23.7 Å². The Kier molecular flexibility index (Phi) is 6.08. The van der Waals surface area contributed by atoms with Gasteiger partial charge in [0, 0.05) is 31.6 Å². The zero-order valence-corrected chi connectivity index (χ0v) is 15.1. The molecule has 2 aromatic rings. The van der Waals surface area contributed by atoms with E-state index in [1.807, 2.05) is 24.3 Å². The summed E-state index contributed by atoms with van der Waals surface area (Å²) in [6, 6.07) is 7.64. The molecule has 1 N–H and O–H groups in total. The fourth-order valence-electron chi connectivity index (χ4n) is 2.69. The lowest BCUT2D eigenvalue weighted by atomic mass is 10.0. The number of piperidine rings is 1. The van der Waals surface area contributed by atoms with Crippen LogP contribution in [0.25, 0.3) is 0 Å². The van der Waals surface area contributed by atoms with Gasteiger partial charge in [-0.05, 0) is 54.1 Å². The fourth-order valence-corrected chi connectivity index (χ4v) is 3.64. The largest absolute Gasteiger partial charge is 0.487 e. The third-order valence-corrected chi connectivity index (χ3v) is 5.11. The number of hydrogen-bond acceptors (Lipinski definition) is 6. The summed E-state index contributed by atoms with van der Waals surface area (Å²) in [5, 5.41) is 19.1. The monoisotopic (exact) mass is 358 g/mol. The van der Waals surface area contributed by atoms with Gasteiger partial charge in [0.15, 0.2) is 0 Å². The number of rotatable bonds is 7. The molecular formula is C17H22N6OS. The van der Waals surface area contributed by atoms with Gasteiger partial charge in [-0.15, -0.1) is 16.4 Å². The minimum atomic E-state index is 0.478. The number of anilines is 1. The van der Waals surface area contributed by atoms with Crippen LogP contribution in [0.4, 0.5) is 5.69 Å². The highest BCUT2D eigenvalue weighted by atomic mass is 32.1. The van der Waals surface area contributed by atoms with Crippen molar-refractivity contribution in [3.05, 3.63) is 40.3 Å². The number of nitrogens with zero attached hydrogens (tertiary/aromatic N) is 5. The molecule has 3 rings (SSSR count). The Morgan fingerprint density at radius 1 is 1.40 bits per heavy atom. The van der Waals surface area contributed by atoms with Crippen molar-refractivity contribution in [1.29, 1.82) is 0 Å². The van der Waals surface area contributed by atoms with E-state index in [9.17, 15) is 0 Å². The lowest BCUT2D eigenvalue weighted by Gasteiger charge is -2.20. The van der Waals surface area contributed by atoms with E-state index in [2.05, 4.69) is 33.0 Å². The standard InChI is InChI=1S/C17H22N6OS/c1-18-21-22-23(2)15-5-7-16(8-6-15)24-11-14-12-25-17(20-14)13-4-3-9-19-10-13/h5-8,12-13,19H,1,3-4,9-11H2,2H3/b22-21-. The van der Waals surface area contributed by atoms with Gasteiger partial charge < -0.3 is 10.1 Å². The summed E-state index contributed by atoms with van der Waals surface area (Å²) in [5.41, 5.74) is 1.87. The summed E-state index contributed by atoms with van der Waals surface area (Å²) in [6.07, 6.45) is 2.44. The molecule has 1 atom stereocenters. The van der Waals surface area contributed by atoms with Gasteiger partial charge in [0.2, 0.25) is 0 Å². The molecule has 0 radical (unpaired) electrons. The molecule has 0 bridgehead atoms. The molecule has 1 aromatic heterocycles. The predicted molar refractivity (Wildman–Crippen MR) is 101 cm³/mol. The van der Waals surface area contributed by atoms with E-state index in [0.717, 1.165) is 30.2 Å². The van der Waals surface area contributed by atoms with Crippen molar-refractivity contribution in [2.75, 3.05) is 25.1 Å². The van der Waals surface area contributed by atoms with Crippen molar-refractivity contribution in [3.8, 4) is 5.75 Å². The summed E-state index contributed by atoms with van der Waals surface area (Å²) in [7, 11) is 1.79. The summed E-state index contributed by atoms with van der Waals surface area (Å²) >= 11 is 1.73. The number of aromatic nitrogens is 1. The zero-order chi connectivity index (χ0) is 17.5. The number of hydrogen-bond donors (Lipinski definition) is 1. The van der Waals surface area contributed by atoms with Crippen molar-refractivity contribution in [2.45, 2.75) is 25.4 Å². The summed E-state index contributed by atoms with van der Waals surface area (Å²) in [5.74, 6) is 1.34. The Morgan fingerprint density at radius 2 is 2.24 bits per heavy atom. The maximum Gasteiger partial charge on any atom is 0.131 e. The second-order valence-corrected chi connectivity index (χ2v) is 6.74. The highest BCUT2D eigenvalue weighted by molar-refractivity contribution is 7.09. The molecule has 7 nitrogen and oxygen atoms in total. The van der Waals surface area contributed by atoms with Crippen molar-refractivity contribution in [2.24, 2.45) is 15.5 Å². The summed E-state index contributed by atoms with van der Waals surface area (Å²) in [6.45, 7) is 5.89. The maximum absolute atomic E-state index is 5.84. The molecule has 2 heterocycles. The lowest BCUT2D eigenvalue weighted by Crippen LogP contribution is -2.28. The van der Waals surface area contributed by atoms with E-state index in [0.29, 0.717) is 12.5 Å². The van der Waals surface area contributed by atoms with E-state index in [-0.39, 0.29) is 0 Å². The first-order valence-electron chi connectivity index (χ1n) is 8.24. The molecule has 0 aliphatic carbocycles. The van der Waals surface area contributed by atoms with Crippen LogP contribution in [0.2, 0.25) is 0 Å². The van der Waals surface area contributed by atoms with Gasteiger partial charge in [-0.2, -0.15) is 0 Å². The predicted octanol–water partition coefficient (Wildman–Crippen LogP) is 3.61. The molecule has 0 saturated carbocycles. The van der Waals surface area contributed by atoms with E-state index in [4.69, 9.17) is 9.72 Å². The Morgan fingerprint density at radius 3 is 2.96 bits per heavy atom. The summed E-state index contributed by atoms with van der Waals surface area (Å²) in [4.78, 5) is 4.73. The van der Waals surface area contributed by atoms with Crippen LogP contribution in [0.5, 0.6) is 5.75 Å². The first-order valence-corrected chi connectivity index (χ1v) is 9.12. The molecule has 1 fully saturated rings. The van der Waals surface area contributed by atoms with Crippen molar-refractivity contribution in [1.82, 2.24) is 10.3 Å². The summed E-state index contributed by atoms with van der Waals surface area (Å²) < 4.78 is 5.84. The minimum Gasteiger partial charge on any atom is -0.487 e. The molecule has 1 aromatic carbocycles.